The Kier molecular flexibility index (Phi) is 6.01. The van der Waals surface area contributed by atoms with Gasteiger partial charge in [-0.3, -0.25) is 4.99 Å². The molecule has 1 saturated heterocycles. The van der Waals surface area contributed by atoms with E-state index in [0.29, 0.717) is 17.9 Å². The van der Waals surface area contributed by atoms with E-state index in [1.54, 1.807) is 0 Å². The maximum atomic E-state index is 6.12. The Hall–Kier alpha value is -1.26. The SMILES string of the molecule is CCN=C(NC1CC1c1cccc(Cl)c1)N1CCC(COCC)C1. The molecule has 0 radical (unpaired) electrons. The molecule has 3 atom stereocenters. The fourth-order valence-corrected chi connectivity index (χ4v) is 3.66. The standard InChI is InChI=1S/C19H28ClN3O/c1-3-21-19(23-9-8-14(12-23)13-24-4-2)22-18-11-17(18)15-6-5-7-16(20)10-15/h5-7,10,14,17-18H,3-4,8-9,11-13H2,1-2H3,(H,21,22). The summed E-state index contributed by atoms with van der Waals surface area (Å²) in [5.41, 5.74) is 1.33. The predicted octanol–water partition coefficient (Wildman–Crippen LogP) is 3.52. The summed E-state index contributed by atoms with van der Waals surface area (Å²) in [7, 11) is 0. The summed E-state index contributed by atoms with van der Waals surface area (Å²) >= 11 is 6.12. The monoisotopic (exact) mass is 349 g/mol. The fraction of sp³-hybridized carbons (Fsp3) is 0.632. The van der Waals surface area contributed by atoms with Crippen molar-refractivity contribution in [3.05, 3.63) is 34.9 Å². The Morgan fingerprint density at radius 3 is 3.04 bits per heavy atom. The summed E-state index contributed by atoms with van der Waals surface area (Å²) in [6.07, 6.45) is 2.34. The molecule has 0 aromatic heterocycles. The van der Waals surface area contributed by atoms with Gasteiger partial charge in [0, 0.05) is 49.1 Å². The molecule has 1 aromatic carbocycles. The number of halogens is 1. The highest BCUT2D eigenvalue weighted by molar-refractivity contribution is 6.30. The van der Waals surface area contributed by atoms with Gasteiger partial charge in [-0.05, 0) is 44.4 Å². The van der Waals surface area contributed by atoms with Gasteiger partial charge in [0.2, 0.25) is 0 Å². The Balaban J connectivity index is 1.55. The summed E-state index contributed by atoms with van der Waals surface area (Å²) in [4.78, 5) is 7.10. The van der Waals surface area contributed by atoms with Gasteiger partial charge < -0.3 is 15.0 Å². The average molecular weight is 350 g/mol. The van der Waals surface area contributed by atoms with Gasteiger partial charge in [0.1, 0.15) is 0 Å². The van der Waals surface area contributed by atoms with E-state index in [0.717, 1.165) is 50.3 Å². The van der Waals surface area contributed by atoms with Crippen molar-refractivity contribution in [3.8, 4) is 0 Å². The molecule has 1 heterocycles. The molecule has 1 saturated carbocycles. The van der Waals surface area contributed by atoms with Gasteiger partial charge in [0.05, 0.1) is 6.61 Å². The van der Waals surface area contributed by atoms with Crippen LogP contribution in [0, 0.1) is 5.92 Å². The van der Waals surface area contributed by atoms with Gasteiger partial charge in [-0.25, -0.2) is 0 Å². The third kappa shape index (κ3) is 4.42. The van der Waals surface area contributed by atoms with E-state index in [-0.39, 0.29) is 0 Å². The van der Waals surface area contributed by atoms with E-state index in [1.807, 2.05) is 12.1 Å². The maximum absolute atomic E-state index is 6.12. The molecule has 1 N–H and O–H groups in total. The number of guanidine groups is 1. The first-order valence-corrected chi connectivity index (χ1v) is 9.48. The predicted molar refractivity (Wildman–Crippen MR) is 99.9 cm³/mol. The van der Waals surface area contributed by atoms with E-state index in [4.69, 9.17) is 21.3 Å². The lowest BCUT2D eigenvalue weighted by Crippen LogP contribution is -2.42. The highest BCUT2D eigenvalue weighted by atomic mass is 35.5. The lowest BCUT2D eigenvalue weighted by atomic mass is 10.1. The Labute approximate surface area is 150 Å². The van der Waals surface area contributed by atoms with Crippen LogP contribution in [-0.2, 0) is 4.74 Å². The number of likely N-dealkylation sites (tertiary alicyclic amines) is 1. The number of hydrogen-bond donors (Lipinski definition) is 1. The van der Waals surface area contributed by atoms with Gasteiger partial charge in [0.25, 0.3) is 0 Å². The second kappa shape index (κ2) is 8.21. The van der Waals surface area contributed by atoms with E-state index >= 15 is 0 Å². The van der Waals surface area contributed by atoms with Crippen molar-refractivity contribution >= 4 is 17.6 Å². The fourth-order valence-electron chi connectivity index (χ4n) is 3.46. The summed E-state index contributed by atoms with van der Waals surface area (Å²) in [6.45, 7) is 8.73. The highest BCUT2D eigenvalue weighted by Crippen LogP contribution is 2.41. The molecule has 0 bridgehead atoms. The van der Waals surface area contributed by atoms with Crippen LogP contribution in [0.4, 0.5) is 0 Å². The highest BCUT2D eigenvalue weighted by Gasteiger charge is 2.40. The molecule has 0 amide bonds. The Morgan fingerprint density at radius 2 is 2.29 bits per heavy atom. The summed E-state index contributed by atoms with van der Waals surface area (Å²) < 4.78 is 5.59. The third-order valence-corrected chi connectivity index (χ3v) is 5.07. The zero-order chi connectivity index (χ0) is 16.9. The van der Waals surface area contributed by atoms with Gasteiger partial charge in [-0.2, -0.15) is 0 Å². The van der Waals surface area contributed by atoms with Crippen molar-refractivity contribution in [1.82, 2.24) is 10.2 Å². The van der Waals surface area contributed by atoms with Crippen LogP contribution in [0.25, 0.3) is 0 Å². The summed E-state index contributed by atoms with van der Waals surface area (Å²) in [5, 5.41) is 4.49. The van der Waals surface area contributed by atoms with Crippen LogP contribution < -0.4 is 5.32 Å². The van der Waals surface area contributed by atoms with Gasteiger partial charge in [-0.1, -0.05) is 23.7 Å². The third-order valence-electron chi connectivity index (χ3n) is 4.83. The van der Waals surface area contributed by atoms with Crippen LogP contribution >= 0.6 is 11.6 Å². The molecule has 24 heavy (non-hydrogen) atoms. The van der Waals surface area contributed by atoms with Crippen molar-refractivity contribution in [3.63, 3.8) is 0 Å². The molecule has 4 nitrogen and oxygen atoms in total. The van der Waals surface area contributed by atoms with E-state index in [2.05, 4.69) is 36.2 Å². The first-order valence-electron chi connectivity index (χ1n) is 9.10. The molecule has 1 aliphatic heterocycles. The molecule has 0 spiro atoms. The number of hydrogen-bond acceptors (Lipinski definition) is 2. The first-order chi connectivity index (χ1) is 11.7. The molecule has 1 aromatic rings. The smallest absolute Gasteiger partial charge is 0.194 e. The second-order valence-electron chi connectivity index (χ2n) is 6.71. The Morgan fingerprint density at radius 1 is 1.42 bits per heavy atom. The Bertz CT molecular complexity index is 577. The van der Waals surface area contributed by atoms with Crippen molar-refractivity contribution < 1.29 is 4.74 Å². The van der Waals surface area contributed by atoms with Crippen molar-refractivity contribution in [2.45, 2.75) is 38.6 Å². The summed E-state index contributed by atoms with van der Waals surface area (Å²) in [5.74, 6) is 2.23. The zero-order valence-electron chi connectivity index (χ0n) is 14.7. The molecular formula is C19H28ClN3O. The van der Waals surface area contributed by atoms with E-state index < -0.39 is 0 Å². The van der Waals surface area contributed by atoms with Crippen LogP contribution in [-0.4, -0.2) is 49.7 Å². The molecule has 1 aliphatic carbocycles. The minimum atomic E-state index is 0.472. The quantitative estimate of drug-likeness (QED) is 0.630. The molecule has 2 aliphatic rings. The van der Waals surface area contributed by atoms with Crippen LogP contribution in [0.5, 0.6) is 0 Å². The van der Waals surface area contributed by atoms with Gasteiger partial charge in [0.15, 0.2) is 5.96 Å². The number of ether oxygens (including phenoxy) is 1. The molecular weight excluding hydrogens is 322 g/mol. The van der Waals surface area contributed by atoms with Gasteiger partial charge >= 0.3 is 0 Å². The summed E-state index contributed by atoms with van der Waals surface area (Å²) in [6, 6.07) is 8.69. The molecule has 3 rings (SSSR count). The maximum Gasteiger partial charge on any atom is 0.194 e. The van der Waals surface area contributed by atoms with Crippen LogP contribution in [0.3, 0.4) is 0 Å². The van der Waals surface area contributed by atoms with Crippen LogP contribution in [0.15, 0.2) is 29.3 Å². The molecule has 5 heteroatoms. The van der Waals surface area contributed by atoms with Crippen molar-refractivity contribution in [1.29, 1.82) is 0 Å². The largest absolute Gasteiger partial charge is 0.381 e. The number of rotatable bonds is 6. The van der Waals surface area contributed by atoms with Crippen LogP contribution in [0.1, 0.15) is 38.2 Å². The second-order valence-corrected chi connectivity index (χ2v) is 7.14. The minimum absolute atomic E-state index is 0.472. The number of nitrogens with one attached hydrogen (secondary N) is 1. The first kappa shape index (κ1) is 17.6. The van der Waals surface area contributed by atoms with Crippen LogP contribution in [0.2, 0.25) is 5.02 Å². The normalized spacial score (nSPS) is 26.7. The van der Waals surface area contributed by atoms with Gasteiger partial charge in [-0.15, -0.1) is 0 Å². The lowest BCUT2D eigenvalue weighted by molar-refractivity contribution is 0.114. The molecule has 2 fully saturated rings. The van der Waals surface area contributed by atoms with E-state index in [1.165, 1.54) is 12.0 Å². The van der Waals surface area contributed by atoms with E-state index in [9.17, 15) is 0 Å². The number of benzene rings is 1. The number of aliphatic imine (C=N–C) groups is 1. The van der Waals surface area contributed by atoms with Crippen molar-refractivity contribution in [2.75, 3.05) is 32.8 Å². The van der Waals surface area contributed by atoms with Crippen molar-refractivity contribution in [2.24, 2.45) is 10.9 Å². The molecule has 132 valence electrons. The minimum Gasteiger partial charge on any atom is -0.381 e. The zero-order valence-corrected chi connectivity index (χ0v) is 15.4. The number of nitrogens with zero attached hydrogens (tertiary/aromatic N) is 2. The lowest BCUT2D eigenvalue weighted by Gasteiger charge is -2.22. The molecule has 3 unspecified atom stereocenters. The average Bonchev–Trinajstić information content (AvgIpc) is 3.19. The topological polar surface area (TPSA) is 36.9 Å².